The molecule has 0 aliphatic carbocycles. The largest absolute Gasteiger partial charge is 0.490 e. The average molecular weight is 365 g/mol. The number of ether oxygens (including phenoxy) is 1. The Morgan fingerprint density at radius 3 is 2.54 bits per heavy atom. The minimum Gasteiger partial charge on any atom is -0.490 e. The minimum absolute atomic E-state index is 0.203. The van der Waals surface area contributed by atoms with Crippen molar-refractivity contribution in [1.29, 1.82) is 0 Å². The number of pyridine rings is 1. The monoisotopic (exact) mass is 365 g/mol. The van der Waals surface area contributed by atoms with Crippen LogP contribution in [0.5, 0.6) is 5.75 Å². The zero-order chi connectivity index (χ0) is 19.3. The molecule has 140 valence electrons. The summed E-state index contributed by atoms with van der Waals surface area (Å²) in [5.41, 5.74) is 0.921. The molecule has 9 heteroatoms. The lowest BCUT2D eigenvalue weighted by atomic mass is 10.2. The van der Waals surface area contributed by atoms with Crippen LogP contribution < -0.4 is 15.4 Å². The lowest BCUT2D eigenvalue weighted by Crippen LogP contribution is -2.15. The van der Waals surface area contributed by atoms with Gasteiger partial charge in [-0.25, -0.2) is 15.0 Å². The highest BCUT2D eigenvalue weighted by Crippen LogP contribution is 2.31. The summed E-state index contributed by atoms with van der Waals surface area (Å²) in [7, 11) is 0. The molecule has 1 amide bonds. The molecule has 0 aliphatic rings. The van der Waals surface area contributed by atoms with Crippen LogP contribution in [0.3, 0.4) is 0 Å². The van der Waals surface area contributed by atoms with Gasteiger partial charge in [0.15, 0.2) is 5.75 Å². The Labute approximate surface area is 150 Å². The molecule has 0 aromatic carbocycles. The molecular weight excluding hydrogens is 344 g/mol. The number of hydrogen-bond donors (Lipinski definition) is 2. The van der Waals surface area contributed by atoms with E-state index in [4.69, 9.17) is 4.74 Å². The molecule has 2 rings (SSSR count). The number of amides is 1. The van der Waals surface area contributed by atoms with Crippen molar-refractivity contribution in [2.75, 3.05) is 17.2 Å². The van der Waals surface area contributed by atoms with Crippen LogP contribution in [-0.4, -0.2) is 27.5 Å². The number of alkyl halides is 2. The zero-order valence-corrected chi connectivity index (χ0v) is 15.1. The van der Waals surface area contributed by atoms with Gasteiger partial charge in [0, 0.05) is 31.7 Å². The van der Waals surface area contributed by atoms with Gasteiger partial charge in [0.25, 0.3) is 0 Å². The van der Waals surface area contributed by atoms with Crippen LogP contribution in [0.25, 0.3) is 0 Å². The molecule has 0 spiro atoms. The molecule has 2 aromatic heterocycles. The maximum Gasteiger partial charge on any atom is 0.303 e. The van der Waals surface area contributed by atoms with E-state index in [0.29, 0.717) is 36.0 Å². The van der Waals surface area contributed by atoms with E-state index in [9.17, 15) is 13.6 Å². The molecule has 0 atom stereocenters. The number of nitrogens with one attached hydrogen (secondary N) is 2. The third-order valence-electron chi connectivity index (χ3n) is 3.27. The van der Waals surface area contributed by atoms with Crippen molar-refractivity contribution in [2.45, 2.75) is 40.0 Å². The van der Waals surface area contributed by atoms with Gasteiger partial charge in [0.2, 0.25) is 11.7 Å². The Hall–Kier alpha value is -2.84. The number of carbonyl (C=O) groups is 1. The van der Waals surface area contributed by atoms with Crippen molar-refractivity contribution < 1.29 is 18.3 Å². The van der Waals surface area contributed by atoms with Gasteiger partial charge in [0.1, 0.15) is 11.6 Å². The smallest absolute Gasteiger partial charge is 0.303 e. The van der Waals surface area contributed by atoms with Crippen LogP contribution in [0.1, 0.15) is 39.2 Å². The van der Waals surface area contributed by atoms with E-state index in [0.717, 1.165) is 6.92 Å². The topological polar surface area (TPSA) is 89.0 Å². The third-order valence-corrected chi connectivity index (χ3v) is 3.27. The molecule has 2 N–H and O–H groups in total. The van der Waals surface area contributed by atoms with Crippen molar-refractivity contribution in [3.05, 3.63) is 29.8 Å². The molecule has 0 saturated heterocycles. The fourth-order valence-electron chi connectivity index (χ4n) is 2.14. The van der Waals surface area contributed by atoms with Crippen LogP contribution >= 0.6 is 0 Å². The van der Waals surface area contributed by atoms with Crippen molar-refractivity contribution in [3.63, 3.8) is 0 Å². The van der Waals surface area contributed by atoms with Gasteiger partial charge >= 0.3 is 5.92 Å². The Balaban J connectivity index is 2.43. The van der Waals surface area contributed by atoms with E-state index in [1.165, 1.54) is 13.1 Å². The first-order chi connectivity index (χ1) is 12.2. The fraction of sp³-hybridized carbons (Fsp3) is 0.412. The number of nitrogens with zero attached hydrogens (tertiary/aromatic N) is 3. The van der Waals surface area contributed by atoms with Gasteiger partial charge < -0.3 is 15.4 Å². The minimum atomic E-state index is -3.16. The number of anilines is 3. The normalized spacial score (nSPS) is 11.2. The fourth-order valence-corrected chi connectivity index (χ4v) is 2.14. The predicted molar refractivity (Wildman–Crippen MR) is 94.0 cm³/mol. The standard InChI is InChI=1S/C17H21F2N5O2/c1-5-11-7-15(24-16(22-11)17(4,18)19)23-12-8-14(21-10(3)25)20-9-13(12)26-6-2/h7-9H,5-6H2,1-4H3,(H2,20,21,22,23,24,25). The SMILES string of the molecule is CCOc1cnc(NC(C)=O)cc1Nc1cc(CC)nc(C(C)(F)F)n1. The summed E-state index contributed by atoms with van der Waals surface area (Å²) in [6.45, 7) is 6.12. The second-order valence-electron chi connectivity index (χ2n) is 5.61. The van der Waals surface area contributed by atoms with E-state index in [-0.39, 0.29) is 11.7 Å². The molecule has 0 unspecified atom stereocenters. The number of rotatable bonds is 7. The second kappa shape index (κ2) is 8.03. The number of carbonyl (C=O) groups excluding carboxylic acids is 1. The highest BCUT2D eigenvalue weighted by atomic mass is 19.3. The number of aromatic nitrogens is 3. The summed E-state index contributed by atoms with van der Waals surface area (Å²) in [6.07, 6.45) is 1.92. The molecule has 0 saturated carbocycles. The molecule has 0 fully saturated rings. The van der Waals surface area contributed by atoms with E-state index < -0.39 is 11.7 Å². The maximum absolute atomic E-state index is 13.7. The Morgan fingerprint density at radius 1 is 1.23 bits per heavy atom. The van der Waals surface area contributed by atoms with Crippen molar-refractivity contribution in [1.82, 2.24) is 15.0 Å². The highest BCUT2D eigenvalue weighted by molar-refractivity contribution is 5.88. The van der Waals surface area contributed by atoms with Crippen LogP contribution in [0, 0.1) is 0 Å². The first-order valence-electron chi connectivity index (χ1n) is 8.16. The van der Waals surface area contributed by atoms with Gasteiger partial charge in [-0.05, 0) is 13.3 Å². The van der Waals surface area contributed by atoms with E-state index in [1.807, 2.05) is 6.92 Å². The van der Waals surface area contributed by atoms with E-state index in [1.54, 1.807) is 19.1 Å². The van der Waals surface area contributed by atoms with Crippen LogP contribution in [0.2, 0.25) is 0 Å². The molecule has 2 aromatic rings. The summed E-state index contributed by atoms with van der Waals surface area (Å²) in [6, 6.07) is 3.13. The lowest BCUT2D eigenvalue weighted by molar-refractivity contribution is -0.114. The average Bonchev–Trinajstić information content (AvgIpc) is 2.55. The van der Waals surface area contributed by atoms with Gasteiger partial charge in [-0.2, -0.15) is 8.78 Å². The Bertz CT molecular complexity index is 793. The molecule has 26 heavy (non-hydrogen) atoms. The van der Waals surface area contributed by atoms with Crippen LogP contribution in [0.15, 0.2) is 18.3 Å². The number of halogens is 2. The van der Waals surface area contributed by atoms with Crippen molar-refractivity contribution in [2.24, 2.45) is 0 Å². The first kappa shape index (κ1) is 19.5. The van der Waals surface area contributed by atoms with E-state index >= 15 is 0 Å². The number of aryl methyl sites for hydroxylation is 1. The molecule has 0 radical (unpaired) electrons. The highest BCUT2D eigenvalue weighted by Gasteiger charge is 2.29. The lowest BCUT2D eigenvalue weighted by Gasteiger charge is -2.16. The van der Waals surface area contributed by atoms with Gasteiger partial charge in [-0.1, -0.05) is 6.92 Å². The van der Waals surface area contributed by atoms with Gasteiger partial charge in [-0.15, -0.1) is 0 Å². The van der Waals surface area contributed by atoms with Crippen LogP contribution in [-0.2, 0) is 17.1 Å². The summed E-state index contributed by atoms with van der Waals surface area (Å²) >= 11 is 0. The van der Waals surface area contributed by atoms with Crippen molar-refractivity contribution in [3.8, 4) is 5.75 Å². The summed E-state index contributed by atoms with van der Waals surface area (Å²) in [5.74, 6) is -3.10. The van der Waals surface area contributed by atoms with Crippen molar-refractivity contribution >= 4 is 23.2 Å². The maximum atomic E-state index is 13.7. The Morgan fingerprint density at radius 2 is 1.96 bits per heavy atom. The zero-order valence-electron chi connectivity index (χ0n) is 15.1. The summed E-state index contributed by atoms with van der Waals surface area (Å²) in [5, 5.41) is 5.52. The quantitative estimate of drug-likeness (QED) is 0.779. The number of hydrogen-bond acceptors (Lipinski definition) is 6. The van der Waals surface area contributed by atoms with E-state index in [2.05, 4.69) is 25.6 Å². The van der Waals surface area contributed by atoms with Gasteiger partial charge in [-0.3, -0.25) is 4.79 Å². The predicted octanol–water partition coefficient (Wildman–Crippen LogP) is 3.65. The summed E-state index contributed by atoms with van der Waals surface area (Å²) in [4.78, 5) is 23.1. The summed E-state index contributed by atoms with van der Waals surface area (Å²) < 4.78 is 32.8. The molecule has 0 bridgehead atoms. The van der Waals surface area contributed by atoms with Gasteiger partial charge in [0.05, 0.1) is 18.5 Å². The van der Waals surface area contributed by atoms with Crippen LogP contribution in [0.4, 0.5) is 26.1 Å². The first-order valence-corrected chi connectivity index (χ1v) is 8.16. The third kappa shape index (κ3) is 5.08. The molecule has 0 aliphatic heterocycles. The second-order valence-corrected chi connectivity index (χ2v) is 5.61. The molecular formula is C17H21F2N5O2. The Kier molecular flexibility index (Phi) is 6.01. The molecule has 2 heterocycles. The molecule has 7 nitrogen and oxygen atoms in total.